The van der Waals surface area contributed by atoms with Gasteiger partial charge >= 0.3 is 12.4 Å². The Morgan fingerprint density at radius 1 is 0.878 bits per heavy atom. The summed E-state index contributed by atoms with van der Waals surface area (Å²) >= 11 is 0. The molecule has 1 unspecified atom stereocenters. The number of hydrogen-bond acceptors (Lipinski definition) is 7. The second kappa shape index (κ2) is 11.7. The van der Waals surface area contributed by atoms with Gasteiger partial charge in [0.1, 0.15) is 11.6 Å². The van der Waals surface area contributed by atoms with Gasteiger partial charge in [0.05, 0.1) is 11.3 Å². The van der Waals surface area contributed by atoms with Crippen molar-refractivity contribution < 1.29 is 31.4 Å². The van der Waals surface area contributed by atoms with Crippen molar-refractivity contribution in [1.82, 2.24) is 15.0 Å². The van der Waals surface area contributed by atoms with Crippen molar-refractivity contribution in [2.45, 2.75) is 57.0 Å². The van der Waals surface area contributed by atoms with Crippen LogP contribution < -0.4 is 15.1 Å². The van der Waals surface area contributed by atoms with E-state index in [0.717, 1.165) is 44.0 Å². The second-order valence-corrected chi connectivity index (χ2v) is 10.3. The SMILES string of the molecule is OC(Cc1cccc(Nc2nc(N3CCCCC3)nc3c2CCN(c2ncccc2C(F)(F)F)CC3)c1)C(F)(F)F. The highest BCUT2D eigenvalue weighted by atomic mass is 19.4. The molecule has 2 aliphatic heterocycles. The number of aliphatic hydroxyl groups is 1. The zero-order valence-corrected chi connectivity index (χ0v) is 22.1. The molecule has 0 amide bonds. The fourth-order valence-electron chi connectivity index (χ4n) is 5.26. The minimum Gasteiger partial charge on any atom is -0.383 e. The van der Waals surface area contributed by atoms with Gasteiger partial charge in [-0.25, -0.2) is 9.97 Å². The summed E-state index contributed by atoms with van der Waals surface area (Å²) in [5, 5.41) is 12.8. The van der Waals surface area contributed by atoms with Gasteiger partial charge in [-0.2, -0.15) is 31.3 Å². The fraction of sp³-hybridized carbons (Fsp3) is 0.464. The standard InChI is InChI=1S/C28H30F6N6O/c29-27(30,31)21-8-5-11-35-25(21)39-14-9-20-22(10-15-39)37-26(40-12-2-1-3-13-40)38-24(20)36-19-7-4-6-18(16-19)17-23(41)28(32,33)34/h4-8,11,16,23,41H,1-3,9-10,12-15,17H2,(H,36,37,38). The highest BCUT2D eigenvalue weighted by Crippen LogP contribution is 2.36. The maximum atomic E-state index is 13.7. The van der Waals surface area contributed by atoms with Crippen LogP contribution in [0.4, 0.5) is 49.6 Å². The van der Waals surface area contributed by atoms with Crippen LogP contribution in [0, 0.1) is 0 Å². The molecule has 2 aromatic heterocycles. The van der Waals surface area contributed by atoms with Crippen LogP contribution in [0.2, 0.25) is 0 Å². The first-order chi connectivity index (χ1) is 19.5. The molecule has 7 nitrogen and oxygen atoms in total. The van der Waals surface area contributed by atoms with Gasteiger partial charge in [-0.05, 0) is 55.5 Å². The molecule has 4 heterocycles. The van der Waals surface area contributed by atoms with Gasteiger partial charge in [0.2, 0.25) is 5.95 Å². The Morgan fingerprint density at radius 3 is 2.37 bits per heavy atom. The molecule has 1 atom stereocenters. The maximum Gasteiger partial charge on any atom is 0.419 e. The number of nitrogens with zero attached hydrogens (tertiary/aromatic N) is 5. The molecule has 0 bridgehead atoms. The molecule has 0 aliphatic carbocycles. The van der Waals surface area contributed by atoms with Gasteiger partial charge in [0.15, 0.2) is 6.10 Å². The van der Waals surface area contributed by atoms with Crippen LogP contribution in [0.5, 0.6) is 0 Å². The summed E-state index contributed by atoms with van der Waals surface area (Å²) in [5.74, 6) is 0.835. The lowest BCUT2D eigenvalue weighted by molar-refractivity contribution is -0.203. The van der Waals surface area contributed by atoms with Crippen LogP contribution in [0.15, 0.2) is 42.6 Å². The van der Waals surface area contributed by atoms with Crippen LogP contribution in [0.1, 0.15) is 41.6 Å². The maximum absolute atomic E-state index is 13.7. The number of piperidine rings is 1. The van der Waals surface area contributed by atoms with E-state index in [-0.39, 0.29) is 24.5 Å². The van der Waals surface area contributed by atoms with Gasteiger partial charge in [0, 0.05) is 56.5 Å². The predicted octanol–water partition coefficient (Wildman–Crippen LogP) is 5.70. The smallest absolute Gasteiger partial charge is 0.383 e. The van der Waals surface area contributed by atoms with E-state index >= 15 is 0 Å². The Kier molecular flexibility index (Phi) is 8.25. The number of benzene rings is 1. The Morgan fingerprint density at radius 2 is 1.63 bits per heavy atom. The number of pyridine rings is 1. The molecule has 41 heavy (non-hydrogen) atoms. The monoisotopic (exact) mass is 580 g/mol. The van der Waals surface area contributed by atoms with Crippen molar-refractivity contribution in [3.8, 4) is 0 Å². The summed E-state index contributed by atoms with van der Waals surface area (Å²) in [7, 11) is 0. The fourth-order valence-corrected chi connectivity index (χ4v) is 5.26. The van der Waals surface area contributed by atoms with Gasteiger partial charge in [-0.15, -0.1) is 0 Å². The number of aliphatic hydroxyl groups excluding tert-OH is 1. The molecule has 0 radical (unpaired) electrons. The average molecular weight is 581 g/mol. The Bertz CT molecular complexity index is 1360. The molecule has 5 rings (SSSR count). The summed E-state index contributed by atoms with van der Waals surface area (Å²) < 4.78 is 79.9. The van der Waals surface area contributed by atoms with E-state index in [2.05, 4.69) is 15.2 Å². The Balaban J connectivity index is 1.46. The molecular weight excluding hydrogens is 550 g/mol. The van der Waals surface area contributed by atoms with Gasteiger partial charge in [0.25, 0.3) is 0 Å². The summed E-state index contributed by atoms with van der Waals surface area (Å²) in [4.78, 5) is 17.4. The van der Waals surface area contributed by atoms with Crippen molar-refractivity contribution in [3.63, 3.8) is 0 Å². The van der Waals surface area contributed by atoms with E-state index in [4.69, 9.17) is 9.97 Å². The average Bonchev–Trinajstić information content (AvgIpc) is 3.16. The van der Waals surface area contributed by atoms with Crippen molar-refractivity contribution in [2.24, 2.45) is 0 Å². The number of hydrogen-bond donors (Lipinski definition) is 2. The van der Waals surface area contributed by atoms with Crippen molar-refractivity contribution in [1.29, 1.82) is 0 Å². The number of anilines is 4. The predicted molar refractivity (Wildman–Crippen MR) is 142 cm³/mol. The van der Waals surface area contributed by atoms with Crippen LogP contribution >= 0.6 is 0 Å². The Hall–Kier alpha value is -3.61. The van der Waals surface area contributed by atoms with Crippen molar-refractivity contribution in [3.05, 3.63) is 65.0 Å². The molecule has 220 valence electrons. The molecular formula is C28H30F6N6O. The number of fused-ring (bicyclic) bond motifs is 1. The van der Waals surface area contributed by atoms with E-state index in [1.165, 1.54) is 24.4 Å². The quantitative estimate of drug-likeness (QED) is 0.363. The minimum atomic E-state index is -4.73. The van der Waals surface area contributed by atoms with Crippen LogP contribution in [-0.2, 0) is 25.4 Å². The zero-order valence-electron chi connectivity index (χ0n) is 22.1. The summed E-state index contributed by atoms with van der Waals surface area (Å²) in [5.41, 5.74) is 1.41. The lowest BCUT2D eigenvalue weighted by Gasteiger charge is -2.28. The zero-order chi connectivity index (χ0) is 29.2. The third kappa shape index (κ3) is 6.83. The number of rotatable bonds is 6. The molecule has 13 heteroatoms. The van der Waals surface area contributed by atoms with E-state index in [9.17, 15) is 31.4 Å². The molecule has 2 aliphatic rings. The van der Waals surface area contributed by atoms with Crippen LogP contribution in [0.25, 0.3) is 0 Å². The van der Waals surface area contributed by atoms with Crippen LogP contribution in [-0.4, -0.2) is 58.5 Å². The highest BCUT2D eigenvalue weighted by molar-refractivity contribution is 5.63. The first kappa shape index (κ1) is 28.9. The minimum absolute atomic E-state index is 0.137. The summed E-state index contributed by atoms with van der Waals surface area (Å²) in [6, 6.07) is 8.58. The molecule has 0 spiro atoms. The van der Waals surface area contributed by atoms with E-state index in [0.29, 0.717) is 36.0 Å². The number of alkyl halides is 6. The summed E-state index contributed by atoms with van der Waals surface area (Å²) in [6.07, 6.45) is -7.27. The lowest BCUT2D eigenvalue weighted by atomic mass is 10.1. The molecule has 2 N–H and O–H groups in total. The normalized spacial score (nSPS) is 17.1. The van der Waals surface area contributed by atoms with Gasteiger partial charge in [-0.3, -0.25) is 0 Å². The molecule has 1 saturated heterocycles. The van der Waals surface area contributed by atoms with E-state index < -0.39 is 30.4 Å². The number of aromatic nitrogens is 3. The largest absolute Gasteiger partial charge is 0.419 e. The lowest BCUT2D eigenvalue weighted by Crippen LogP contribution is -2.31. The van der Waals surface area contributed by atoms with Crippen molar-refractivity contribution in [2.75, 3.05) is 41.3 Å². The van der Waals surface area contributed by atoms with E-state index in [1.54, 1.807) is 17.0 Å². The number of nitrogens with one attached hydrogen (secondary N) is 1. The first-order valence-corrected chi connectivity index (χ1v) is 13.5. The molecule has 1 aromatic carbocycles. The second-order valence-electron chi connectivity index (χ2n) is 10.3. The van der Waals surface area contributed by atoms with Crippen molar-refractivity contribution >= 4 is 23.3 Å². The first-order valence-electron chi connectivity index (χ1n) is 13.5. The molecule has 0 saturated carbocycles. The molecule has 3 aromatic rings. The summed E-state index contributed by atoms with van der Waals surface area (Å²) in [6.45, 7) is 2.07. The topological polar surface area (TPSA) is 77.4 Å². The Labute approximate surface area is 233 Å². The van der Waals surface area contributed by atoms with Gasteiger partial charge in [-0.1, -0.05) is 12.1 Å². The third-order valence-electron chi connectivity index (χ3n) is 7.36. The molecule has 1 fully saturated rings. The van der Waals surface area contributed by atoms with Gasteiger partial charge < -0.3 is 20.2 Å². The van der Waals surface area contributed by atoms with E-state index in [1.807, 2.05) is 0 Å². The highest BCUT2D eigenvalue weighted by Gasteiger charge is 2.38. The third-order valence-corrected chi connectivity index (χ3v) is 7.36. The number of halogens is 6. The van der Waals surface area contributed by atoms with Crippen LogP contribution in [0.3, 0.4) is 0 Å².